The summed E-state index contributed by atoms with van der Waals surface area (Å²) in [4.78, 5) is 55.1. The lowest BCUT2D eigenvalue weighted by Crippen LogP contribution is -2.66. The Labute approximate surface area is 499 Å². The fourth-order valence-corrected chi connectivity index (χ4v) is 15.9. The van der Waals surface area contributed by atoms with Gasteiger partial charge >= 0.3 is 18.0 Å². The third kappa shape index (κ3) is 12.9. The average Bonchev–Trinajstić information content (AvgIpc) is 1.71. The quantitative estimate of drug-likeness (QED) is 0.0580. The maximum Gasteiger partial charge on any atom is 0.407 e. The van der Waals surface area contributed by atoms with E-state index in [0.717, 1.165) is 11.1 Å². The van der Waals surface area contributed by atoms with Crippen molar-refractivity contribution in [2.75, 3.05) is 20.8 Å². The minimum atomic E-state index is -1.79. The molecule has 1 amide bonds. The molecule has 27 atom stereocenters. The molecule has 5 heterocycles. The average molecular weight is 1200 g/mol. The van der Waals surface area contributed by atoms with Crippen LogP contribution in [0.5, 0.6) is 0 Å². The van der Waals surface area contributed by atoms with Gasteiger partial charge in [0.25, 0.3) is 0 Å². The molecule has 2 bridgehead atoms. The van der Waals surface area contributed by atoms with Crippen molar-refractivity contribution in [2.24, 2.45) is 52.6 Å². The van der Waals surface area contributed by atoms with Crippen LogP contribution < -0.4 is 11.1 Å². The van der Waals surface area contributed by atoms with Crippen LogP contribution in [0.4, 0.5) is 4.79 Å². The Kier molecular flexibility index (Phi) is 19.8. The topological polar surface area (TPSA) is 298 Å². The zero-order chi connectivity index (χ0) is 61.9. The molecule has 1 spiro atoms. The van der Waals surface area contributed by atoms with E-state index in [4.69, 9.17) is 62.6 Å². The van der Waals surface area contributed by atoms with Crippen LogP contribution in [-0.2, 0) is 71.2 Å². The molecule has 0 radical (unpaired) electrons. The highest BCUT2D eigenvalue weighted by molar-refractivity contribution is 6.26. The summed E-state index contributed by atoms with van der Waals surface area (Å²) in [5, 5.41) is 49.8. The number of rotatable bonds is 12. The van der Waals surface area contributed by atoms with E-state index in [9.17, 15) is 34.8 Å². The van der Waals surface area contributed by atoms with Crippen molar-refractivity contribution in [1.82, 2.24) is 5.32 Å². The van der Waals surface area contributed by atoms with E-state index in [-0.39, 0.29) is 62.2 Å². The largest absolute Gasteiger partial charge is 0.511 e. The van der Waals surface area contributed by atoms with Crippen LogP contribution >= 0.6 is 0 Å². The number of carbonyl (C=O) groups excluding carboxylic acids is 4. The number of aliphatic hydroxyl groups excluding tert-OH is 4. The second kappa shape index (κ2) is 25.8. The number of carbonyl (C=O) groups is 4. The van der Waals surface area contributed by atoms with Crippen molar-refractivity contribution in [2.45, 2.75) is 244 Å². The molecule has 22 heteroatoms. The van der Waals surface area contributed by atoms with Crippen LogP contribution in [0.1, 0.15) is 128 Å². The Morgan fingerprint density at radius 3 is 2.00 bits per heavy atom. The number of allylic oxidation sites excluding steroid dienone is 3. The zero-order valence-electron chi connectivity index (χ0n) is 51.8. The first-order valence-electron chi connectivity index (χ1n) is 30.5. The van der Waals surface area contributed by atoms with Gasteiger partial charge in [0.05, 0.1) is 68.1 Å². The van der Waals surface area contributed by atoms with Gasteiger partial charge in [-0.3, -0.25) is 9.59 Å². The number of nitrogens with two attached hydrogens (primary N) is 1. The van der Waals surface area contributed by atoms with E-state index < -0.39 is 174 Å². The normalized spacial score (nSPS) is 48.0. The molecule has 16 unspecified atom stereocenters. The monoisotopic (exact) mass is 1200 g/mol. The summed E-state index contributed by atoms with van der Waals surface area (Å²) in [5.74, 6) is -5.23. The number of esters is 2. The molecule has 0 aromatic carbocycles. The number of aliphatic hydroxyl groups is 4. The number of Topliss-reactive ketones (excluding diaryl/α,β-unsaturated/α-hetero) is 1. The second-order valence-electron chi connectivity index (χ2n) is 26.5. The number of amides is 1. The van der Waals surface area contributed by atoms with Crippen LogP contribution in [0.2, 0.25) is 0 Å². The minimum Gasteiger partial charge on any atom is -0.511 e. The van der Waals surface area contributed by atoms with Gasteiger partial charge in [-0.1, -0.05) is 63.6 Å². The standard InChI is InChI=1S/C63H94N2O20/c1-28-15-18-44(81-49-26-61(11,64)56(36(9)80-49)65-60(73)75-14)29(2)20-39-21-38(27-76-37(10)66)32(5)25-63(39)58(71)50(59(72)85-63)57(70)62(12)41(28)17-16-40-51(62)30(3)19-31(4)53(40)83-48-24-45(52(69)33(6)77-48)82-46-23-43(68)55(35(8)79-46)84-47-22-42(67)54(74-13)34(7)78-47/h15-17,20-21,30-36,39-49,51-56,67-70H,18-19,22-27,64H2,1-14H3,(H,65,73)/b28-15+,29-20-,57-50?/t30-,31-,32+,33?,34?,35?,36?,39-,40-,41+,42?,43?,44-,45?,46?,47?,48?,49?,51-,52?,53-,54?,55?,56?,61?,62-,63-/m0/s1. The van der Waals surface area contributed by atoms with Gasteiger partial charge in [0.15, 0.2) is 30.8 Å². The summed E-state index contributed by atoms with van der Waals surface area (Å²) in [6.07, 6.45) is -1.43. The molecular formula is C63H94N2O20. The predicted octanol–water partition coefficient (Wildman–Crippen LogP) is 5.83. The van der Waals surface area contributed by atoms with Gasteiger partial charge in [-0.15, -0.1) is 0 Å². The van der Waals surface area contributed by atoms with E-state index in [0.29, 0.717) is 18.4 Å². The number of nitrogens with one attached hydrogen (secondary N) is 1. The maximum atomic E-state index is 15.7. The molecule has 5 saturated heterocycles. The lowest BCUT2D eigenvalue weighted by Gasteiger charge is -2.56. The molecule has 6 fully saturated rings. The number of ketones is 1. The fourth-order valence-electron chi connectivity index (χ4n) is 15.9. The smallest absolute Gasteiger partial charge is 0.407 e. The Morgan fingerprint density at radius 2 is 1.36 bits per heavy atom. The number of ether oxygens (including phenoxy) is 12. The Morgan fingerprint density at radius 1 is 0.741 bits per heavy atom. The maximum absolute atomic E-state index is 15.7. The van der Waals surface area contributed by atoms with Crippen molar-refractivity contribution in [3.63, 3.8) is 0 Å². The van der Waals surface area contributed by atoms with Crippen molar-refractivity contribution in [3.8, 4) is 0 Å². The first-order chi connectivity index (χ1) is 40.0. The molecule has 9 rings (SSSR count). The molecule has 476 valence electrons. The molecular weight excluding hydrogens is 1100 g/mol. The molecule has 9 aliphatic rings. The van der Waals surface area contributed by atoms with Gasteiger partial charge in [0.1, 0.15) is 36.3 Å². The summed E-state index contributed by atoms with van der Waals surface area (Å²) in [5.41, 5.74) is 4.69. The Hall–Kier alpha value is -4.14. The highest BCUT2D eigenvalue weighted by atomic mass is 16.7. The second-order valence-corrected chi connectivity index (χ2v) is 26.5. The van der Waals surface area contributed by atoms with Crippen LogP contribution in [0.3, 0.4) is 0 Å². The number of alkyl carbamates (subject to hydrolysis) is 1. The number of hydrogen-bond acceptors (Lipinski definition) is 21. The molecule has 85 heavy (non-hydrogen) atoms. The van der Waals surface area contributed by atoms with Crippen molar-refractivity contribution in [1.29, 1.82) is 0 Å². The van der Waals surface area contributed by atoms with Crippen LogP contribution in [0.15, 0.2) is 58.4 Å². The van der Waals surface area contributed by atoms with Gasteiger partial charge in [0, 0.05) is 74.8 Å². The Bertz CT molecular complexity index is 2610. The lowest BCUT2D eigenvalue weighted by molar-refractivity contribution is -0.335. The highest BCUT2D eigenvalue weighted by Crippen LogP contribution is 2.61. The first-order valence-corrected chi connectivity index (χ1v) is 30.5. The summed E-state index contributed by atoms with van der Waals surface area (Å²) >= 11 is 0. The van der Waals surface area contributed by atoms with E-state index in [2.05, 4.69) is 31.3 Å². The van der Waals surface area contributed by atoms with Gasteiger partial charge < -0.3 is 88.3 Å². The van der Waals surface area contributed by atoms with Gasteiger partial charge in [0.2, 0.25) is 5.78 Å². The molecule has 4 aliphatic carbocycles. The number of methoxy groups -OCH3 is 2. The summed E-state index contributed by atoms with van der Waals surface area (Å²) in [7, 11) is 2.79. The van der Waals surface area contributed by atoms with E-state index in [1.54, 1.807) is 27.7 Å². The zero-order valence-corrected chi connectivity index (χ0v) is 51.8. The highest BCUT2D eigenvalue weighted by Gasteiger charge is 2.64. The SMILES string of the molecule is COC(=O)NC1C(C)OC(O[C@H]2C/C=C(\C)[C@H]3C=C[C@@H]4[C@@H](OC5CC(OC6CC(O)C(OC7CC(O)C(OC)C(C)O7)C(C)O6)C(O)C(C)O5)[C@@H](C)C[C@H](C)[C@@H]4[C@@]3(C)C(O)=C3C(=O)O[C@]4(C[C@@H](C)C(COC(C)=O)=C[C@@H]4/C=C\2C)C3=O)CC1(C)N. The molecule has 0 aromatic rings. The molecule has 1 saturated carbocycles. The summed E-state index contributed by atoms with van der Waals surface area (Å²) in [6, 6.07) is -0.610. The first kappa shape index (κ1) is 65.3. The third-order valence-electron chi connectivity index (χ3n) is 20.2. The molecule has 22 nitrogen and oxygen atoms in total. The minimum absolute atomic E-state index is 0.0255. The summed E-state index contributed by atoms with van der Waals surface area (Å²) in [6.45, 7) is 22.1. The predicted molar refractivity (Wildman–Crippen MR) is 304 cm³/mol. The van der Waals surface area contributed by atoms with Gasteiger partial charge in [-0.2, -0.15) is 0 Å². The van der Waals surface area contributed by atoms with Gasteiger partial charge in [-0.05, 0) is 96.1 Å². The molecule has 5 aliphatic heterocycles. The number of fused-ring (bicyclic) bond motifs is 4. The van der Waals surface area contributed by atoms with Crippen LogP contribution in [0.25, 0.3) is 0 Å². The summed E-state index contributed by atoms with van der Waals surface area (Å²) < 4.78 is 74.0. The molecule has 7 N–H and O–H groups in total. The van der Waals surface area contributed by atoms with Crippen molar-refractivity contribution < 1.29 is 96.4 Å². The number of hydrogen-bond donors (Lipinski definition) is 6. The molecule has 0 aromatic heterocycles. The van der Waals surface area contributed by atoms with Gasteiger partial charge in [-0.25, -0.2) is 9.59 Å². The van der Waals surface area contributed by atoms with Crippen molar-refractivity contribution >= 4 is 23.8 Å². The van der Waals surface area contributed by atoms with Crippen LogP contribution in [0, 0.1) is 46.8 Å². The fraction of sp³-hybridized carbons (Fsp3) is 0.778. The van der Waals surface area contributed by atoms with Crippen LogP contribution in [-0.4, -0.2) is 181 Å². The third-order valence-corrected chi connectivity index (χ3v) is 20.2. The van der Waals surface area contributed by atoms with E-state index >= 15 is 4.79 Å². The van der Waals surface area contributed by atoms with Crippen molar-refractivity contribution in [3.05, 3.63) is 58.4 Å². The lowest BCUT2D eigenvalue weighted by atomic mass is 9.49. The van der Waals surface area contributed by atoms with E-state index in [1.807, 2.05) is 52.8 Å². The van der Waals surface area contributed by atoms with E-state index in [1.165, 1.54) is 21.1 Å². The Balaban J connectivity index is 1.02.